The van der Waals surface area contributed by atoms with Crippen LogP contribution in [0.1, 0.15) is 42.5 Å². The number of anilines is 1. The first kappa shape index (κ1) is 29.8. The van der Waals surface area contributed by atoms with Gasteiger partial charge in [-0.3, -0.25) is 13.9 Å². The van der Waals surface area contributed by atoms with Gasteiger partial charge in [-0.1, -0.05) is 42.8 Å². The largest absolute Gasteiger partial charge is 0.354 e. The van der Waals surface area contributed by atoms with Crippen molar-refractivity contribution >= 4 is 27.5 Å². The number of carbonyl (C=O) groups excluding carboxylic acids is 2. The molecule has 3 rings (SSSR count). The zero-order chi connectivity index (χ0) is 28.7. The summed E-state index contributed by atoms with van der Waals surface area (Å²) in [5.41, 5.74) is 3.56. The molecule has 3 aromatic rings. The number of sulfonamides is 1. The van der Waals surface area contributed by atoms with Crippen molar-refractivity contribution in [2.75, 3.05) is 17.4 Å². The van der Waals surface area contributed by atoms with Crippen LogP contribution in [0.5, 0.6) is 0 Å². The number of carbonyl (C=O) groups is 2. The van der Waals surface area contributed by atoms with Gasteiger partial charge in [-0.2, -0.15) is 0 Å². The quantitative estimate of drug-likeness (QED) is 0.366. The predicted octanol–water partition coefficient (Wildman–Crippen LogP) is 4.89. The molecular formula is C30H36FN3O4S. The Bertz CT molecular complexity index is 1390. The Morgan fingerprint density at radius 1 is 0.897 bits per heavy atom. The molecule has 3 aromatic carbocycles. The van der Waals surface area contributed by atoms with Crippen molar-refractivity contribution < 1.29 is 22.4 Å². The van der Waals surface area contributed by atoms with Crippen LogP contribution >= 0.6 is 0 Å². The molecule has 0 saturated carbocycles. The topological polar surface area (TPSA) is 86.8 Å². The van der Waals surface area contributed by atoms with Gasteiger partial charge in [0.25, 0.3) is 10.0 Å². The van der Waals surface area contributed by atoms with Crippen molar-refractivity contribution in [2.24, 2.45) is 0 Å². The van der Waals surface area contributed by atoms with E-state index in [4.69, 9.17) is 0 Å². The van der Waals surface area contributed by atoms with Crippen molar-refractivity contribution in [1.29, 1.82) is 0 Å². The average molecular weight is 554 g/mol. The Morgan fingerprint density at radius 2 is 1.49 bits per heavy atom. The maximum atomic E-state index is 13.9. The summed E-state index contributed by atoms with van der Waals surface area (Å²) in [6.45, 7) is 9.02. The van der Waals surface area contributed by atoms with Crippen LogP contribution in [0.25, 0.3) is 0 Å². The highest BCUT2D eigenvalue weighted by atomic mass is 32.2. The molecule has 0 aliphatic carbocycles. The molecule has 0 unspecified atom stereocenters. The van der Waals surface area contributed by atoms with Gasteiger partial charge in [0.1, 0.15) is 18.4 Å². The average Bonchev–Trinajstić information content (AvgIpc) is 2.89. The van der Waals surface area contributed by atoms with Crippen LogP contribution in [0, 0.1) is 26.6 Å². The first-order valence-corrected chi connectivity index (χ1v) is 14.4. The lowest BCUT2D eigenvalue weighted by molar-refractivity contribution is -0.139. The van der Waals surface area contributed by atoms with Gasteiger partial charge in [-0.25, -0.2) is 12.8 Å². The van der Waals surface area contributed by atoms with Gasteiger partial charge in [-0.15, -0.1) is 0 Å². The molecule has 0 aromatic heterocycles. The fourth-order valence-electron chi connectivity index (χ4n) is 4.23. The second-order valence-corrected chi connectivity index (χ2v) is 11.6. The lowest BCUT2D eigenvalue weighted by atomic mass is 10.1. The van der Waals surface area contributed by atoms with Crippen molar-refractivity contribution in [2.45, 2.75) is 58.5 Å². The molecule has 0 aliphatic heterocycles. The summed E-state index contributed by atoms with van der Waals surface area (Å²) in [7, 11) is -4.14. The number of amides is 2. The first-order chi connectivity index (χ1) is 18.4. The summed E-state index contributed by atoms with van der Waals surface area (Å²) in [6, 6.07) is 16.5. The molecule has 9 heteroatoms. The number of hydrogen-bond acceptors (Lipinski definition) is 4. The van der Waals surface area contributed by atoms with Crippen LogP contribution in [0.2, 0.25) is 0 Å². The molecule has 208 valence electrons. The van der Waals surface area contributed by atoms with Crippen molar-refractivity contribution in [3.8, 4) is 0 Å². The van der Waals surface area contributed by atoms with Crippen molar-refractivity contribution in [3.05, 3.63) is 94.8 Å². The van der Waals surface area contributed by atoms with E-state index in [0.29, 0.717) is 17.8 Å². The van der Waals surface area contributed by atoms with Crippen LogP contribution < -0.4 is 9.62 Å². The zero-order valence-electron chi connectivity index (χ0n) is 23.1. The molecule has 0 spiro atoms. The third kappa shape index (κ3) is 7.66. The molecular weight excluding hydrogens is 517 g/mol. The molecule has 1 N–H and O–H groups in total. The van der Waals surface area contributed by atoms with Gasteiger partial charge >= 0.3 is 0 Å². The van der Waals surface area contributed by atoms with Crippen LogP contribution in [0.15, 0.2) is 71.6 Å². The minimum absolute atomic E-state index is 0.00505. The number of hydrogen-bond donors (Lipinski definition) is 1. The molecule has 0 radical (unpaired) electrons. The van der Waals surface area contributed by atoms with Crippen LogP contribution in [-0.4, -0.2) is 44.3 Å². The number of aryl methyl sites for hydroxylation is 3. The Morgan fingerprint density at radius 3 is 2.05 bits per heavy atom. The maximum absolute atomic E-state index is 13.9. The molecule has 0 heterocycles. The Kier molecular flexibility index (Phi) is 9.86. The smallest absolute Gasteiger partial charge is 0.264 e. The van der Waals surface area contributed by atoms with Gasteiger partial charge in [0, 0.05) is 13.1 Å². The van der Waals surface area contributed by atoms with Crippen LogP contribution in [0.3, 0.4) is 0 Å². The number of rotatable bonds is 11. The molecule has 1 atom stereocenters. The van der Waals surface area contributed by atoms with E-state index >= 15 is 0 Å². The normalized spacial score (nSPS) is 12.1. The summed E-state index contributed by atoms with van der Waals surface area (Å²) >= 11 is 0. The molecule has 0 aliphatic rings. The van der Waals surface area contributed by atoms with E-state index in [-0.39, 0.29) is 17.3 Å². The van der Waals surface area contributed by atoms with Crippen LogP contribution in [0.4, 0.5) is 10.1 Å². The lowest BCUT2D eigenvalue weighted by Crippen LogP contribution is -2.51. The lowest BCUT2D eigenvalue weighted by Gasteiger charge is -2.32. The summed E-state index contributed by atoms with van der Waals surface area (Å²) in [5, 5.41) is 2.80. The minimum atomic E-state index is -4.14. The van der Waals surface area contributed by atoms with Crippen molar-refractivity contribution in [1.82, 2.24) is 10.2 Å². The predicted molar refractivity (Wildman–Crippen MR) is 151 cm³/mol. The fraction of sp³-hybridized carbons (Fsp3) is 0.333. The van der Waals surface area contributed by atoms with E-state index in [9.17, 15) is 22.4 Å². The highest BCUT2D eigenvalue weighted by Gasteiger charge is 2.32. The Labute approximate surface area is 230 Å². The third-order valence-corrected chi connectivity index (χ3v) is 8.15. The van der Waals surface area contributed by atoms with Gasteiger partial charge in [0.2, 0.25) is 11.8 Å². The Balaban J connectivity index is 2.04. The third-order valence-electron chi connectivity index (χ3n) is 6.36. The maximum Gasteiger partial charge on any atom is 0.264 e. The highest BCUT2D eigenvalue weighted by Crippen LogP contribution is 2.27. The molecule has 0 saturated heterocycles. The monoisotopic (exact) mass is 553 g/mol. The van der Waals surface area contributed by atoms with Gasteiger partial charge in [0.05, 0.1) is 10.6 Å². The minimum Gasteiger partial charge on any atom is -0.354 e. The number of nitrogens with one attached hydrogen (secondary N) is 1. The second-order valence-electron chi connectivity index (χ2n) is 9.79. The highest BCUT2D eigenvalue weighted by molar-refractivity contribution is 7.92. The fourth-order valence-corrected chi connectivity index (χ4v) is 5.62. The summed E-state index contributed by atoms with van der Waals surface area (Å²) in [4.78, 5) is 28.2. The SMILES string of the molecule is CCCNC(=O)[C@H](C)N(Cc1ccc(F)cc1)C(=O)CN(c1cc(C)cc(C)c1)S(=O)(=O)c1ccc(C)cc1. The molecule has 0 bridgehead atoms. The van der Waals surface area contributed by atoms with E-state index < -0.39 is 34.3 Å². The van der Waals surface area contributed by atoms with E-state index in [1.54, 1.807) is 31.2 Å². The van der Waals surface area contributed by atoms with Gasteiger partial charge in [0.15, 0.2) is 0 Å². The van der Waals surface area contributed by atoms with Gasteiger partial charge < -0.3 is 10.2 Å². The molecule has 2 amide bonds. The summed E-state index contributed by atoms with van der Waals surface area (Å²) in [5.74, 6) is -1.34. The van der Waals surface area contributed by atoms with Crippen molar-refractivity contribution in [3.63, 3.8) is 0 Å². The van der Waals surface area contributed by atoms with Crippen LogP contribution in [-0.2, 0) is 26.2 Å². The first-order valence-electron chi connectivity index (χ1n) is 12.9. The van der Waals surface area contributed by atoms with Gasteiger partial charge in [-0.05, 0) is 87.2 Å². The number of benzene rings is 3. The van der Waals surface area contributed by atoms with E-state index in [1.807, 2.05) is 33.8 Å². The standard InChI is InChI=1S/C30H36FN3O4S/c1-6-15-32-30(36)24(5)33(19-25-9-11-26(31)12-10-25)29(35)20-34(27-17-22(3)16-23(4)18-27)39(37,38)28-13-7-21(2)8-14-28/h7-14,16-18,24H,6,15,19-20H2,1-5H3,(H,32,36)/t24-/m0/s1. The summed E-state index contributed by atoms with van der Waals surface area (Å²) in [6.07, 6.45) is 0.722. The number of halogens is 1. The zero-order valence-corrected chi connectivity index (χ0v) is 23.9. The van der Waals surface area contributed by atoms with E-state index in [1.165, 1.54) is 41.3 Å². The van der Waals surface area contributed by atoms with E-state index in [0.717, 1.165) is 27.4 Å². The molecule has 0 fully saturated rings. The molecule has 39 heavy (non-hydrogen) atoms. The van der Waals surface area contributed by atoms with E-state index in [2.05, 4.69) is 5.32 Å². The summed E-state index contributed by atoms with van der Waals surface area (Å²) < 4.78 is 42.4. The molecule has 7 nitrogen and oxygen atoms in total. The Hall–Kier alpha value is -3.72. The second kappa shape index (κ2) is 12.9. The number of nitrogens with zero attached hydrogens (tertiary/aromatic N) is 2.